The maximum absolute atomic E-state index is 12.9. The second kappa shape index (κ2) is 11.6. The van der Waals surface area contributed by atoms with Gasteiger partial charge < -0.3 is 19.0 Å². The Hall–Kier alpha value is -3.65. The van der Waals surface area contributed by atoms with E-state index in [4.69, 9.17) is 13.9 Å². The van der Waals surface area contributed by atoms with E-state index in [0.29, 0.717) is 29.0 Å². The zero-order chi connectivity index (χ0) is 25.6. The number of ether oxygens (including phenoxy) is 2. The number of piperazine rings is 1. The van der Waals surface area contributed by atoms with Gasteiger partial charge in [0.25, 0.3) is 0 Å². The van der Waals surface area contributed by atoms with Crippen LogP contribution in [-0.4, -0.2) is 60.3 Å². The minimum absolute atomic E-state index is 0.131. The van der Waals surface area contributed by atoms with Crippen molar-refractivity contribution in [1.29, 1.82) is 0 Å². The number of hydrogen-bond acceptors (Lipinski definition) is 7. The minimum atomic E-state index is -0.617. The highest BCUT2D eigenvalue weighted by molar-refractivity contribution is 5.79. The summed E-state index contributed by atoms with van der Waals surface area (Å²) in [6.45, 7) is 7.41. The van der Waals surface area contributed by atoms with Crippen molar-refractivity contribution in [1.82, 2.24) is 9.80 Å². The summed E-state index contributed by atoms with van der Waals surface area (Å²) in [6.07, 6.45) is 0.705. The first-order valence-electron chi connectivity index (χ1n) is 12.6. The summed E-state index contributed by atoms with van der Waals surface area (Å²) in [5, 5.41) is 11.0. The first-order valence-corrected chi connectivity index (χ1v) is 12.6. The van der Waals surface area contributed by atoms with Crippen LogP contribution in [0.5, 0.6) is 17.2 Å². The Bertz CT molecular complexity index is 1380. The van der Waals surface area contributed by atoms with E-state index in [1.807, 2.05) is 31.2 Å². The summed E-state index contributed by atoms with van der Waals surface area (Å²) in [5.74, 6) is 1.25. The van der Waals surface area contributed by atoms with E-state index in [2.05, 4.69) is 34.1 Å². The first kappa shape index (κ1) is 25.0. The van der Waals surface area contributed by atoms with Crippen molar-refractivity contribution < 1.29 is 19.0 Å². The third-order valence-electron chi connectivity index (χ3n) is 6.56. The van der Waals surface area contributed by atoms with Gasteiger partial charge in [-0.2, -0.15) is 0 Å². The zero-order valence-corrected chi connectivity index (χ0v) is 21.0. The van der Waals surface area contributed by atoms with Crippen LogP contribution in [0.3, 0.4) is 0 Å². The third kappa shape index (κ3) is 6.57. The van der Waals surface area contributed by atoms with Crippen LogP contribution in [0.15, 0.2) is 88.3 Å². The summed E-state index contributed by atoms with van der Waals surface area (Å²) in [4.78, 5) is 17.6. The third-order valence-corrected chi connectivity index (χ3v) is 6.56. The lowest BCUT2D eigenvalue weighted by atomic mass is 10.2. The smallest absolute Gasteiger partial charge is 0.235 e. The highest BCUT2D eigenvalue weighted by Crippen LogP contribution is 2.24. The summed E-state index contributed by atoms with van der Waals surface area (Å²) >= 11 is 0. The summed E-state index contributed by atoms with van der Waals surface area (Å²) in [7, 11) is 0. The Balaban J connectivity index is 1.12. The monoisotopic (exact) mass is 500 g/mol. The fraction of sp³-hybridized carbons (Fsp3) is 0.300. The van der Waals surface area contributed by atoms with Crippen LogP contribution in [0.2, 0.25) is 0 Å². The van der Waals surface area contributed by atoms with Gasteiger partial charge in [-0.05, 0) is 42.3 Å². The molecule has 37 heavy (non-hydrogen) atoms. The molecule has 1 aliphatic heterocycles. The van der Waals surface area contributed by atoms with E-state index in [9.17, 15) is 9.90 Å². The molecule has 0 bridgehead atoms. The lowest BCUT2D eigenvalue weighted by Crippen LogP contribution is -2.48. The molecular weight excluding hydrogens is 468 g/mol. The summed E-state index contributed by atoms with van der Waals surface area (Å²) < 4.78 is 17.2. The number of rotatable bonds is 9. The number of aliphatic hydroxyl groups excluding tert-OH is 1. The highest BCUT2D eigenvalue weighted by atomic mass is 16.5. The van der Waals surface area contributed by atoms with Gasteiger partial charge in [0.05, 0.1) is 5.39 Å². The molecule has 1 saturated heterocycles. The van der Waals surface area contributed by atoms with Gasteiger partial charge in [0.15, 0.2) is 0 Å². The van der Waals surface area contributed by atoms with E-state index >= 15 is 0 Å². The fourth-order valence-corrected chi connectivity index (χ4v) is 4.57. The maximum Gasteiger partial charge on any atom is 0.235 e. The van der Waals surface area contributed by atoms with Crippen LogP contribution in [0.4, 0.5) is 0 Å². The first-order chi connectivity index (χ1) is 18.0. The molecule has 2 heterocycles. The predicted molar refractivity (Wildman–Crippen MR) is 143 cm³/mol. The van der Waals surface area contributed by atoms with Crippen LogP contribution in [0.25, 0.3) is 11.0 Å². The Morgan fingerprint density at radius 3 is 2.49 bits per heavy atom. The Morgan fingerprint density at radius 1 is 0.919 bits per heavy atom. The molecule has 3 aromatic carbocycles. The number of hydrogen-bond donors (Lipinski definition) is 1. The molecule has 192 valence electrons. The largest absolute Gasteiger partial charge is 0.491 e. The average Bonchev–Trinajstić information content (AvgIpc) is 2.91. The van der Waals surface area contributed by atoms with Gasteiger partial charge in [-0.3, -0.25) is 14.6 Å². The fourth-order valence-electron chi connectivity index (χ4n) is 4.57. The molecule has 7 heteroatoms. The molecule has 7 nitrogen and oxygen atoms in total. The molecular formula is C30H32N2O5. The quantitative estimate of drug-likeness (QED) is 0.364. The summed E-state index contributed by atoms with van der Waals surface area (Å²) in [6, 6.07) is 23.0. The number of benzene rings is 3. The number of aryl methyl sites for hydroxylation is 1. The highest BCUT2D eigenvalue weighted by Gasteiger charge is 2.20. The molecule has 1 atom stereocenters. The van der Waals surface area contributed by atoms with E-state index in [1.54, 1.807) is 24.3 Å². The van der Waals surface area contributed by atoms with Crippen molar-refractivity contribution in [2.45, 2.75) is 19.6 Å². The van der Waals surface area contributed by atoms with Gasteiger partial charge in [0, 0.05) is 45.3 Å². The molecule has 0 radical (unpaired) electrons. The number of aliphatic hydroxyl groups is 1. The van der Waals surface area contributed by atoms with E-state index in [0.717, 1.165) is 38.3 Å². The van der Waals surface area contributed by atoms with Crippen molar-refractivity contribution in [2.75, 3.05) is 39.3 Å². The second-order valence-corrected chi connectivity index (χ2v) is 9.53. The van der Waals surface area contributed by atoms with Crippen molar-refractivity contribution in [2.24, 2.45) is 0 Å². The van der Waals surface area contributed by atoms with Crippen molar-refractivity contribution in [3.05, 3.63) is 100 Å². The Morgan fingerprint density at radius 2 is 1.70 bits per heavy atom. The molecule has 1 fully saturated rings. The lowest BCUT2D eigenvalue weighted by molar-refractivity contribution is 0.0446. The predicted octanol–water partition coefficient (Wildman–Crippen LogP) is 4.45. The van der Waals surface area contributed by atoms with Crippen molar-refractivity contribution >= 4 is 11.0 Å². The van der Waals surface area contributed by atoms with Crippen LogP contribution in [0, 0.1) is 6.92 Å². The van der Waals surface area contributed by atoms with Crippen LogP contribution < -0.4 is 14.9 Å². The van der Waals surface area contributed by atoms with Gasteiger partial charge in [-0.25, -0.2) is 0 Å². The lowest BCUT2D eigenvalue weighted by Gasteiger charge is -2.35. The van der Waals surface area contributed by atoms with E-state index in [1.165, 1.54) is 11.8 Å². The molecule has 0 unspecified atom stereocenters. The Kier molecular flexibility index (Phi) is 7.84. The normalized spacial score (nSPS) is 15.5. The van der Waals surface area contributed by atoms with Crippen molar-refractivity contribution in [3.63, 3.8) is 0 Å². The maximum atomic E-state index is 12.9. The Labute approximate surface area is 216 Å². The number of nitrogens with zero attached hydrogens (tertiary/aromatic N) is 2. The van der Waals surface area contributed by atoms with Crippen molar-refractivity contribution in [3.8, 4) is 17.2 Å². The molecule has 0 aliphatic carbocycles. The van der Waals surface area contributed by atoms with E-state index < -0.39 is 6.10 Å². The van der Waals surface area contributed by atoms with Crippen LogP contribution >= 0.6 is 0 Å². The molecule has 0 saturated carbocycles. The number of β-amino-alcohol motifs (C(OH)–C–C–N with tert-alkyl or cyclic N) is 1. The van der Waals surface area contributed by atoms with Gasteiger partial charge in [-0.15, -0.1) is 0 Å². The van der Waals surface area contributed by atoms with Gasteiger partial charge in [0.2, 0.25) is 11.2 Å². The minimum Gasteiger partial charge on any atom is -0.491 e. The molecule has 1 N–H and O–H groups in total. The molecule has 0 spiro atoms. The van der Waals surface area contributed by atoms with Crippen LogP contribution in [-0.2, 0) is 6.54 Å². The van der Waals surface area contributed by atoms with Crippen LogP contribution in [0.1, 0.15) is 11.1 Å². The molecule has 1 aliphatic rings. The molecule has 1 aromatic heterocycles. The molecule has 4 aromatic rings. The number of fused-ring (bicyclic) bond motifs is 1. The van der Waals surface area contributed by atoms with Gasteiger partial charge in [-0.1, -0.05) is 42.5 Å². The zero-order valence-electron chi connectivity index (χ0n) is 21.0. The standard InChI is InChI=1S/C30H32N2O5/c1-22-6-5-9-26(16-22)37-29-21-36-28-17-25(10-11-27(28)30(29)34)35-20-24(33)19-32-14-12-31(13-15-32)18-23-7-3-2-4-8-23/h2-11,16-17,21,24,33H,12-15,18-20H2,1H3/t24-/m1/s1. The van der Waals surface area contributed by atoms with Gasteiger partial charge >= 0.3 is 0 Å². The average molecular weight is 501 g/mol. The second-order valence-electron chi connectivity index (χ2n) is 9.53. The molecule has 0 amide bonds. The molecule has 5 rings (SSSR count). The SMILES string of the molecule is Cc1cccc(Oc2coc3cc(OC[C@H](O)CN4CCN(Cc5ccccc5)CC4)ccc3c2=O)c1. The van der Waals surface area contributed by atoms with E-state index in [-0.39, 0.29) is 17.8 Å². The van der Waals surface area contributed by atoms with Gasteiger partial charge in [0.1, 0.15) is 36.1 Å². The topological polar surface area (TPSA) is 75.4 Å². The summed E-state index contributed by atoms with van der Waals surface area (Å²) in [5.41, 5.74) is 2.52.